The highest BCUT2D eigenvalue weighted by molar-refractivity contribution is 5.81. The van der Waals surface area contributed by atoms with Crippen LogP contribution in [-0.4, -0.2) is 37.6 Å². The number of carbonyl (C=O) groups is 1. The zero-order valence-corrected chi connectivity index (χ0v) is 15.0. The average Bonchev–Trinajstić information content (AvgIpc) is 3.15. The lowest BCUT2D eigenvalue weighted by molar-refractivity contribution is -0.130. The molecule has 0 spiro atoms. The average molecular weight is 338 g/mol. The second-order valence-electron chi connectivity index (χ2n) is 6.81. The van der Waals surface area contributed by atoms with E-state index in [-0.39, 0.29) is 12.0 Å². The topological polar surface area (TPSA) is 41.6 Å². The number of rotatable bonds is 6. The molecule has 0 radical (unpaired) electrons. The Morgan fingerprint density at radius 2 is 1.92 bits per heavy atom. The molecule has 0 aromatic heterocycles. The fourth-order valence-electron chi connectivity index (χ4n) is 3.19. The van der Waals surface area contributed by atoms with Crippen LogP contribution in [0.15, 0.2) is 48.5 Å². The van der Waals surface area contributed by atoms with E-state index >= 15 is 0 Å². The number of amides is 1. The molecule has 2 aromatic carbocycles. The summed E-state index contributed by atoms with van der Waals surface area (Å²) in [4.78, 5) is 14.3. The molecule has 1 atom stereocenters. The van der Waals surface area contributed by atoms with E-state index in [4.69, 9.17) is 4.74 Å². The van der Waals surface area contributed by atoms with E-state index in [1.165, 1.54) is 11.1 Å². The van der Waals surface area contributed by atoms with Crippen LogP contribution in [0.2, 0.25) is 0 Å². The van der Waals surface area contributed by atoms with Gasteiger partial charge in [0.2, 0.25) is 5.91 Å². The first-order valence-electron chi connectivity index (χ1n) is 8.85. The van der Waals surface area contributed by atoms with Gasteiger partial charge < -0.3 is 15.0 Å². The summed E-state index contributed by atoms with van der Waals surface area (Å²) < 4.78 is 5.45. The third kappa shape index (κ3) is 4.68. The fraction of sp³-hybridized carbons (Fsp3) is 0.381. The minimum Gasteiger partial charge on any atom is -0.368 e. The summed E-state index contributed by atoms with van der Waals surface area (Å²) >= 11 is 0. The molecule has 1 aliphatic heterocycles. The van der Waals surface area contributed by atoms with Crippen molar-refractivity contribution in [2.45, 2.75) is 32.0 Å². The molecule has 1 saturated heterocycles. The molecular formula is C21H26N2O2. The summed E-state index contributed by atoms with van der Waals surface area (Å²) in [7, 11) is 4.14. The van der Waals surface area contributed by atoms with Crippen molar-refractivity contribution in [3.8, 4) is 11.1 Å². The van der Waals surface area contributed by atoms with Gasteiger partial charge in [-0.2, -0.15) is 0 Å². The second kappa shape index (κ2) is 8.28. The highest BCUT2D eigenvalue weighted by Crippen LogP contribution is 2.24. The molecule has 132 valence electrons. The van der Waals surface area contributed by atoms with Crippen molar-refractivity contribution in [1.82, 2.24) is 10.2 Å². The van der Waals surface area contributed by atoms with Crippen LogP contribution < -0.4 is 5.32 Å². The van der Waals surface area contributed by atoms with Gasteiger partial charge in [0.1, 0.15) is 6.10 Å². The van der Waals surface area contributed by atoms with Gasteiger partial charge in [-0.15, -0.1) is 0 Å². The number of nitrogens with one attached hydrogen (secondary N) is 1. The minimum absolute atomic E-state index is 0.00589. The first kappa shape index (κ1) is 17.6. The lowest BCUT2D eigenvalue weighted by Crippen LogP contribution is -2.33. The molecule has 0 aliphatic carbocycles. The largest absolute Gasteiger partial charge is 0.368 e. The fourth-order valence-corrected chi connectivity index (χ4v) is 3.19. The molecule has 4 heteroatoms. The highest BCUT2D eigenvalue weighted by Gasteiger charge is 2.23. The van der Waals surface area contributed by atoms with Crippen molar-refractivity contribution in [1.29, 1.82) is 0 Å². The van der Waals surface area contributed by atoms with Crippen LogP contribution in [0.25, 0.3) is 11.1 Å². The summed E-state index contributed by atoms with van der Waals surface area (Å²) in [6.45, 7) is 2.14. The Morgan fingerprint density at radius 1 is 1.16 bits per heavy atom. The van der Waals surface area contributed by atoms with E-state index in [1.807, 2.05) is 12.1 Å². The number of benzene rings is 2. The van der Waals surface area contributed by atoms with Crippen LogP contribution in [0.1, 0.15) is 24.0 Å². The molecule has 0 saturated carbocycles. The van der Waals surface area contributed by atoms with Gasteiger partial charge >= 0.3 is 0 Å². The predicted octanol–water partition coefficient (Wildman–Crippen LogP) is 3.21. The van der Waals surface area contributed by atoms with Crippen LogP contribution in [0.3, 0.4) is 0 Å². The molecule has 1 heterocycles. The zero-order valence-electron chi connectivity index (χ0n) is 15.0. The third-order valence-corrected chi connectivity index (χ3v) is 4.46. The molecule has 1 aliphatic rings. The molecule has 1 amide bonds. The van der Waals surface area contributed by atoms with Gasteiger partial charge in [-0.1, -0.05) is 48.5 Å². The Balaban J connectivity index is 1.70. The summed E-state index contributed by atoms with van der Waals surface area (Å²) in [6, 6.07) is 16.9. The first-order chi connectivity index (χ1) is 12.1. The number of ether oxygens (including phenoxy) is 1. The zero-order chi connectivity index (χ0) is 17.6. The van der Waals surface area contributed by atoms with E-state index in [1.54, 1.807) is 0 Å². The molecule has 2 aromatic rings. The number of hydrogen-bond acceptors (Lipinski definition) is 3. The SMILES string of the molecule is CN(C)Cc1ccc(-c2ccccc2CNC(=O)C2CCCO2)cc1. The second-order valence-corrected chi connectivity index (χ2v) is 6.81. The molecule has 25 heavy (non-hydrogen) atoms. The van der Waals surface area contributed by atoms with Crippen molar-refractivity contribution >= 4 is 5.91 Å². The number of carbonyl (C=O) groups excluding carboxylic acids is 1. The summed E-state index contributed by atoms with van der Waals surface area (Å²) in [5.41, 5.74) is 4.74. The molecule has 1 N–H and O–H groups in total. The molecule has 3 rings (SSSR count). The summed E-state index contributed by atoms with van der Waals surface area (Å²) in [5, 5.41) is 3.02. The van der Waals surface area contributed by atoms with Gasteiger partial charge in [-0.25, -0.2) is 0 Å². The molecule has 1 fully saturated rings. The van der Waals surface area contributed by atoms with E-state index < -0.39 is 0 Å². The van der Waals surface area contributed by atoms with E-state index in [9.17, 15) is 4.79 Å². The van der Waals surface area contributed by atoms with E-state index in [0.717, 1.165) is 30.5 Å². The Kier molecular flexibility index (Phi) is 5.84. The molecular weight excluding hydrogens is 312 g/mol. The first-order valence-corrected chi connectivity index (χ1v) is 8.85. The van der Waals surface area contributed by atoms with Gasteiger partial charge in [0.05, 0.1) is 0 Å². The van der Waals surface area contributed by atoms with Crippen LogP contribution in [0.5, 0.6) is 0 Å². The summed E-state index contributed by atoms with van der Waals surface area (Å²) in [6.07, 6.45) is 1.51. The maximum atomic E-state index is 12.2. The molecule has 1 unspecified atom stereocenters. The van der Waals surface area contributed by atoms with Crippen molar-refractivity contribution in [3.63, 3.8) is 0 Å². The Bertz CT molecular complexity index is 704. The minimum atomic E-state index is -0.280. The molecule has 4 nitrogen and oxygen atoms in total. The maximum Gasteiger partial charge on any atom is 0.249 e. The summed E-state index contributed by atoms with van der Waals surface area (Å²) in [5.74, 6) is -0.00589. The van der Waals surface area contributed by atoms with Crippen LogP contribution >= 0.6 is 0 Å². The van der Waals surface area contributed by atoms with Crippen LogP contribution in [0, 0.1) is 0 Å². The van der Waals surface area contributed by atoms with Gasteiger partial charge in [-0.05, 0) is 49.2 Å². The Morgan fingerprint density at radius 3 is 2.60 bits per heavy atom. The van der Waals surface area contributed by atoms with E-state index in [0.29, 0.717) is 13.2 Å². The van der Waals surface area contributed by atoms with Crippen molar-refractivity contribution in [3.05, 3.63) is 59.7 Å². The number of nitrogens with zero attached hydrogens (tertiary/aromatic N) is 1. The Labute approximate surface area is 149 Å². The number of hydrogen-bond donors (Lipinski definition) is 1. The quantitative estimate of drug-likeness (QED) is 0.879. The van der Waals surface area contributed by atoms with Crippen molar-refractivity contribution in [2.75, 3.05) is 20.7 Å². The van der Waals surface area contributed by atoms with Gasteiger partial charge in [0.25, 0.3) is 0 Å². The van der Waals surface area contributed by atoms with E-state index in [2.05, 4.69) is 60.7 Å². The monoisotopic (exact) mass is 338 g/mol. The Hall–Kier alpha value is -2.17. The van der Waals surface area contributed by atoms with Crippen molar-refractivity contribution in [2.24, 2.45) is 0 Å². The van der Waals surface area contributed by atoms with Crippen molar-refractivity contribution < 1.29 is 9.53 Å². The predicted molar refractivity (Wildman–Crippen MR) is 100 cm³/mol. The van der Waals surface area contributed by atoms with Gasteiger partial charge in [0.15, 0.2) is 0 Å². The lowest BCUT2D eigenvalue weighted by atomic mass is 9.98. The standard InChI is InChI=1S/C21H26N2O2/c1-23(2)15-16-9-11-17(12-10-16)19-7-4-3-6-18(19)14-22-21(24)20-8-5-13-25-20/h3-4,6-7,9-12,20H,5,8,13-15H2,1-2H3,(H,22,24). The van der Waals surface area contributed by atoms with Crippen LogP contribution in [-0.2, 0) is 22.6 Å². The normalized spacial score (nSPS) is 17.0. The highest BCUT2D eigenvalue weighted by atomic mass is 16.5. The van der Waals surface area contributed by atoms with Crippen LogP contribution in [0.4, 0.5) is 0 Å². The lowest BCUT2D eigenvalue weighted by Gasteiger charge is -2.14. The third-order valence-electron chi connectivity index (χ3n) is 4.46. The molecule has 0 bridgehead atoms. The van der Waals surface area contributed by atoms with Gasteiger partial charge in [-0.3, -0.25) is 4.79 Å². The smallest absolute Gasteiger partial charge is 0.249 e. The maximum absolute atomic E-state index is 12.2. The van der Waals surface area contributed by atoms with Gasteiger partial charge in [0, 0.05) is 19.7 Å².